The summed E-state index contributed by atoms with van der Waals surface area (Å²) in [6.07, 6.45) is 0. The molecule has 0 aliphatic rings. The Labute approximate surface area is 244 Å². The standard InChI is InChI=1S/C30H38N4O5.C2H6/c1-9-39-18-27-32-28-29(33(27)4)19(2)20(3)31-30(28)34(16-21-10-12-23(35-5)14-25(21)37-7)17-22-11-13-24(36-6)15-26(22)38-8;1-2/h10-15H,9,16-18H2,1-8H3;1-2H3. The van der Waals surface area contributed by atoms with Gasteiger partial charge in [0, 0.05) is 55.7 Å². The molecule has 0 amide bonds. The number of fused-ring (bicyclic) bond motifs is 1. The lowest BCUT2D eigenvalue weighted by atomic mass is 10.1. The number of pyridine rings is 1. The van der Waals surface area contributed by atoms with E-state index < -0.39 is 0 Å². The van der Waals surface area contributed by atoms with Gasteiger partial charge in [-0.15, -0.1) is 0 Å². The molecule has 9 nitrogen and oxygen atoms in total. The van der Waals surface area contributed by atoms with Crippen molar-refractivity contribution < 1.29 is 23.7 Å². The van der Waals surface area contributed by atoms with Crippen molar-refractivity contribution in [2.75, 3.05) is 39.9 Å². The summed E-state index contributed by atoms with van der Waals surface area (Å²) >= 11 is 0. The Morgan fingerprint density at radius 3 is 1.78 bits per heavy atom. The molecule has 0 saturated carbocycles. The van der Waals surface area contributed by atoms with Crippen molar-refractivity contribution in [2.45, 2.75) is 54.3 Å². The molecule has 4 aromatic rings. The molecule has 0 unspecified atom stereocenters. The molecule has 0 saturated heterocycles. The van der Waals surface area contributed by atoms with Gasteiger partial charge in [0.15, 0.2) is 5.82 Å². The summed E-state index contributed by atoms with van der Waals surface area (Å²) in [5.41, 5.74) is 5.89. The fourth-order valence-electron chi connectivity index (χ4n) is 4.72. The Morgan fingerprint density at radius 1 is 0.780 bits per heavy atom. The number of aromatic nitrogens is 3. The lowest BCUT2D eigenvalue weighted by Crippen LogP contribution is -2.25. The summed E-state index contributed by atoms with van der Waals surface area (Å²) in [5, 5.41) is 0. The van der Waals surface area contributed by atoms with Crippen LogP contribution in [-0.2, 0) is 31.5 Å². The minimum absolute atomic E-state index is 0.429. The number of hydrogen-bond donors (Lipinski definition) is 0. The van der Waals surface area contributed by atoms with Gasteiger partial charge in [0.25, 0.3) is 0 Å². The van der Waals surface area contributed by atoms with Crippen LogP contribution in [0.4, 0.5) is 5.82 Å². The first-order chi connectivity index (χ1) is 19.8. The number of aryl methyl sites for hydroxylation is 3. The van der Waals surface area contributed by atoms with Gasteiger partial charge in [-0.25, -0.2) is 9.97 Å². The van der Waals surface area contributed by atoms with Crippen LogP contribution in [-0.4, -0.2) is 49.6 Å². The molecule has 0 atom stereocenters. The van der Waals surface area contributed by atoms with Crippen molar-refractivity contribution in [3.8, 4) is 23.0 Å². The Morgan fingerprint density at radius 2 is 1.32 bits per heavy atom. The number of anilines is 1. The topological polar surface area (TPSA) is 80.1 Å². The third-order valence-electron chi connectivity index (χ3n) is 7.02. The average Bonchev–Trinajstić information content (AvgIpc) is 3.34. The van der Waals surface area contributed by atoms with Crippen LogP contribution in [0.15, 0.2) is 36.4 Å². The number of benzene rings is 2. The first-order valence-corrected chi connectivity index (χ1v) is 13.9. The van der Waals surface area contributed by atoms with E-state index in [-0.39, 0.29) is 0 Å². The van der Waals surface area contributed by atoms with E-state index in [1.807, 2.05) is 71.1 Å². The molecule has 2 aromatic carbocycles. The summed E-state index contributed by atoms with van der Waals surface area (Å²) in [6.45, 7) is 12.2. The lowest BCUT2D eigenvalue weighted by molar-refractivity contribution is 0.126. The molecule has 2 heterocycles. The van der Waals surface area contributed by atoms with Gasteiger partial charge >= 0.3 is 0 Å². The normalized spacial score (nSPS) is 10.7. The van der Waals surface area contributed by atoms with Gasteiger partial charge in [-0.3, -0.25) is 0 Å². The largest absolute Gasteiger partial charge is 0.497 e. The van der Waals surface area contributed by atoms with Crippen LogP contribution in [0.2, 0.25) is 0 Å². The summed E-state index contributed by atoms with van der Waals surface area (Å²) in [4.78, 5) is 12.3. The average molecular weight is 565 g/mol. The maximum Gasteiger partial charge on any atom is 0.157 e. The number of imidazole rings is 1. The van der Waals surface area contributed by atoms with Crippen LogP contribution < -0.4 is 23.8 Å². The van der Waals surface area contributed by atoms with Crippen LogP contribution in [0.1, 0.15) is 49.0 Å². The highest BCUT2D eigenvalue weighted by molar-refractivity contribution is 5.90. The SMILES string of the molecule is CC.CCOCc1nc2c(N(Cc3ccc(OC)cc3OC)Cc3ccc(OC)cc3OC)nc(C)c(C)c2n1C. The molecule has 4 rings (SSSR count). The molecule has 9 heteroatoms. The molecule has 222 valence electrons. The summed E-state index contributed by atoms with van der Waals surface area (Å²) in [6, 6.07) is 11.7. The second kappa shape index (κ2) is 14.6. The van der Waals surface area contributed by atoms with Crippen molar-refractivity contribution in [2.24, 2.45) is 7.05 Å². The highest BCUT2D eigenvalue weighted by Crippen LogP contribution is 2.35. The minimum Gasteiger partial charge on any atom is -0.497 e. The molecule has 0 aliphatic carbocycles. The molecule has 2 aromatic heterocycles. The number of nitrogens with zero attached hydrogens (tertiary/aromatic N) is 4. The van der Waals surface area contributed by atoms with Crippen molar-refractivity contribution in [3.63, 3.8) is 0 Å². The summed E-state index contributed by atoms with van der Waals surface area (Å²) in [5.74, 6) is 4.57. The second-order valence-electron chi connectivity index (χ2n) is 9.28. The molecule has 0 radical (unpaired) electrons. The lowest BCUT2D eigenvalue weighted by Gasteiger charge is -2.27. The predicted molar refractivity (Wildman–Crippen MR) is 164 cm³/mol. The highest BCUT2D eigenvalue weighted by atomic mass is 16.5. The Kier molecular flexibility index (Phi) is 11.2. The van der Waals surface area contributed by atoms with Crippen molar-refractivity contribution in [1.82, 2.24) is 14.5 Å². The number of rotatable bonds is 12. The Hall–Kier alpha value is -3.98. The van der Waals surface area contributed by atoms with Gasteiger partial charge in [-0.2, -0.15) is 0 Å². The smallest absolute Gasteiger partial charge is 0.157 e. The van der Waals surface area contributed by atoms with Crippen LogP contribution >= 0.6 is 0 Å². The van der Waals surface area contributed by atoms with Gasteiger partial charge in [-0.05, 0) is 50.6 Å². The molecule has 0 aliphatic heterocycles. The fraction of sp³-hybridized carbons (Fsp3) is 0.438. The molecular weight excluding hydrogens is 520 g/mol. The van der Waals surface area contributed by atoms with Crippen molar-refractivity contribution >= 4 is 16.9 Å². The van der Waals surface area contributed by atoms with E-state index in [1.54, 1.807) is 28.4 Å². The third-order valence-corrected chi connectivity index (χ3v) is 7.02. The number of hydrogen-bond acceptors (Lipinski definition) is 8. The zero-order chi connectivity index (χ0) is 30.1. The highest BCUT2D eigenvalue weighted by Gasteiger charge is 2.23. The monoisotopic (exact) mass is 564 g/mol. The molecule has 0 fully saturated rings. The quantitative estimate of drug-likeness (QED) is 0.196. The summed E-state index contributed by atoms with van der Waals surface area (Å²) in [7, 11) is 8.66. The van der Waals surface area contributed by atoms with E-state index in [1.165, 1.54) is 0 Å². The Balaban J connectivity index is 0.00000226. The maximum absolute atomic E-state index is 5.74. The maximum atomic E-state index is 5.74. The minimum atomic E-state index is 0.429. The van der Waals surface area contributed by atoms with E-state index in [4.69, 9.17) is 33.7 Å². The van der Waals surface area contributed by atoms with E-state index >= 15 is 0 Å². The number of ether oxygens (including phenoxy) is 5. The predicted octanol–water partition coefficient (Wildman–Crippen LogP) is 6.39. The van der Waals surface area contributed by atoms with E-state index in [9.17, 15) is 0 Å². The summed E-state index contributed by atoms with van der Waals surface area (Å²) < 4.78 is 30.2. The van der Waals surface area contributed by atoms with Gasteiger partial charge in [0.1, 0.15) is 40.9 Å². The molecular formula is C32H44N4O5. The fourth-order valence-corrected chi connectivity index (χ4v) is 4.72. The van der Waals surface area contributed by atoms with Crippen LogP contribution in [0, 0.1) is 13.8 Å². The van der Waals surface area contributed by atoms with Crippen LogP contribution in [0.25, 0.3) is 11.0 Å². The van der Waals surface area contributed by atoms with E-state index in [0.717, 1.165) is 68.1 Å². The van der Waals surface area contributed by atoms with E-state index in [0.29, 0.717) is 26.3 Å². The first kappa shape index (κ1) is 31.5. The van der Waals surface area contributed by atoms with Gasteiger partial charge in [-0.1, -0.05) is 13.8 Å². The van der Waals surface area contributed by atoms with Crippen molar-refractivity contribution in [3.05, 3.63) is 64.6 Å². The van der Waals surface area contributed by atoms with Crippen LogP contribution in [0.5, 0.6) is 23.0 Å². The third kappa shape index (κ3) is 6.85. The van der Waals surface area contributed by atoms with Crippen molar-refractivity contribution in [1.29, 1.82) is 0 Å². The molecule has 0 bridgehead atoms. The van der Waals surface area contributed by atoms with E-state index in [2.05, 4.69) is 16.4 Å². The second-order valence-corrected chi connectivity index (χ2v) is 9.28. The zero-order valence-corrected chi connectivity index (χ0v) is 26.1. The van der Waals surface area contributed by atoms with Gasteiger partial charge in [0.2, 0.25) is 0 Å². The zero-order valence-electron chi connectivity index (χ0n) is 26.1. The number of methoxy groups -OCH3 is 4. The molecule has 0 spiro atoms. The first-order valence-electron chi connectivity index (χ1n) is 13.9. The molecule has 41 heavy (non-hydrogen) atoms. The van der Waals surface area contributed by atoms with Gasteiger partial charge < -0.3 is 33.2 Å². The Bertz CT molecular complexity index is 1390. The van der Waals surface area contributed by atoms with Gasteiger partial charge in [0.05, 0.1) is 34.0 Å². The molecule has 0 N–H and O–H groups in total. The van der Waals surface area contributed by atoms with Crippen LogP contribution in [0.3, 0.4) is 0 Å².